The van der Waals surface area contributed by atoms with E-state index in [-0.39, 0.29) is 18.6 Å². The summed E-state index contributed by atoms with van der Waals surface area (Å²) in [6, 6.07) is 2.24. The van der Waals surface area contributed by atoms with E-state index in [1.165, 1.54) is 0 Å². The maximum atomic E-state index is 9.22. The monoisotopic (exact) mass is 231 g/mol. The summed E-state index contributed by atoms with van der Waals surface area (Å²) in [4.78, 5) is 0. The molecule has 0 amide bonds. The Morgan fingerprint density at radius 2 is 1.73 bits per heavy atom. The second-order valence-electron chi connectivity index (χ2n) is 4.66. The van der Waals surface area contributed by atoms with Gasteiger partial charge in [-0.25, -0.2) is 0 Å². The highest BCUT2D eigenvalue weighted by Gasteiger charge is 2.28. The van der Waals surface area contributed by atoms with E-state index in [9.17, 15) is 10.2 Å². The minimum atomic E-state index is -0.393. The van der Waals surface area contributed by atoms with Gasteiger partial charge >= 0.3 is 0 Å². The van der Waals surface area contributed by atoms with Crippen LogP contribution in [0.2, 0.25) is 0 Å². The minimum absolute atomic E-state index is 0.0000177. The van der Waals surface area contributed by atoms with Gasteiger partial charge in [0.1, 0.15) is 0 Å². The largest absolute Gasteiger partial charge is 0.396 e. The van der Waals surface area contributed by atoms with Crippen molar-refractivity contribution in [2.45, 2.75) is 27.2 Å². The van der Waals surface area contributed by atoms with E-state index in [2.05, 4.69) is 6.07 Å². The van der Waals surface area contributed by atoms with E-state index in [4.69, 9.17) is 5.26 Å². The Hall–Kier alpha value is -0.240. The molecule has 4 heteroatoms. The van der Waals surface area contributed by atoms with Gasteiger partial charge in [0, 0.05) is 16.9 Å². The number of hydrogen-bond donors (Lipinski definition) is 2. The lowest BCUT2D eigenvalue weighted by atomic mass is 9.90. The molecule has 88 valence electrons. The first kappa shape index (κ1) is 14.8. The molecule has 2 N–H and O–H groups in total. The lowest BCUT2D eigenvalue weighted by Gasteiger charge is -2.28. The predicted octanol–water partition coefficient (Wildman–Crippen LogP) is 1.65. The van der Waals surface area contributed by atoms with Crippen LogP contribution >= 0.6 is 11.8 Å². The third kappa shape index (κ3) is 4.87. The van der Waals surface area contributed by atoms with Crippen molar-refractivity contribution in [1.29, 1.82) is 5.26 Å². The molecule has 0 aromatic rings. The summed E-state index contributed by atoms with van der Waals surface area (Å²) in [7, 11) is 0. The Balaban J connectivity index is 4.09. The maximum absolute atomic E-state index is 9.22. The van der Waals surface area contributed by atoms with E-state index in [1.54, 1.807) is 11.8 Å². The Labute approximate surface area is 96.5 Å². The molecule has 0 saturated carbocycles. The summed E-state index contributed by atoms with van der Waals surface area (Å²) in [5.74, 6) is 1.42. The predicted molar refractivity (Wildman–Crippen MR) is 63.6 cm³/mol. The third-order valence-corrected chi connectivity index (χ3v) is 4.34. The molecule has 3 nitrogen and oxygen atoms in total. The highest BCUT2D eigenvalue weighted by atomic mass is 32.2. The zero-order valence-corrected chi connectivity index (χ0v) is 10.6. The summed E-state index contributed by atoms with van der Waals surface area (Å²) < 4.78 is 0. The van der Waals surface area contributed by atoms with Gasteiger partial charge in [0.25, 0.3) is 0 Å². The van der Waals surface area contributed by atoms with E-state index in [0.29, 0.717) is 5.75 Å². The summed E-state index contributed by atoms with van der Waals surface area (Å²) >= 11 is 1.62. The van der Waals surface area contributed by atoms with Crippen molar-refractivity contribution in [3.05, 3.63) is 0 Å². The number of aliphatic hydroxyl groups excluding tert-OH is 2. The molecule has 0 aromatic heterocycles. The Bertz CT molecular complexity index is 211. The standard InChI is InChI=1S/C11H21NO2S/c1-4-11(6-13,7-14)9-15-8-10(2,3)5-12/h13-14H,4,6-9H2,1-3H3. The fraction of sp³-hybridized carbons (Fsp3) is 0.909. The zero-order valence-electron chi connectivity index (χ0n) is 9.79. The van der Waals surface area contributed by atoms with Crippen LogP contribution in [0.5, 0.6) is 0 Å². The van der Waals surface area contributed by atoms with Gasteiger partial charge in [-0.1, -0.05) is 6.92 Å². The first-order valence-electron chi connectivity index (χ1n) is 5.16. The molecule has 0 rings (SSSR count). The molecule has 0 aliphatic heterocycles. The average molecular weight is 231 g/mol. The SMILES string of the molecule is CCC(CO)(CO)CSCC(C)(C)C#N. The van der Waals surface area contributed by atoms with Gasteiger partial charge in [-0.2, -0.15) is 17.0 Å². The summed E-state index contributed by atoms with van der Waals surface area (Å²) in [6.45, 7) is 5.75. The molecule has 15 heavy (non-hydrogen) atoms. The van der Waals surface area contributed by atoms with Crippen LogP contribution in [0.3, 0.4) is 0 Å². The van der Waals surface area contributed by atoms with Crippen LogP contribution in [0.1, 0.15) is 27.2 Å². The smallest absolute Gasteiger partial charge is 0.0692 e. The second kappa shape index (κ2) is 6.37. The van der Waals surface area contributed by atoms with Crippen molar-refractivity contribution < 1.29 is 10.2 Å². The van der Waals surface area contributed by atoms with Crippen molar-refractivity contribution >= 4 is 11.8 Å². The number of aliphatic hydroxyl groups is 2. The second-order valence-corrected chi connectivity index (χ2v) is 5.64. The average Bonchev–Trinajstić information content (AvgIpc) is 2.25. The number of hydrogen-bond acceptors (Lipinski definition) is 4. The Kier molecular flexibility index (Phi) is 6.26. The van der Waals surface area contributed by atoms with E-state index < -0.39 is 5.41 Å². The van der Waals surface area contributed by atoms with E-state index >= 15 is 0 Å². The highest BCUT2D eigenvalue weighted by Crippen LogP contribution is 2.29. The molecule has 0 radical (unpaired) electrons. The van der Waals surface area contributed by atoms with Crippen LogP contribution < -0.4 is 0 Å². The molecule has 0 atom stereocenters. The Morgan fingerprint density at radius 3 is 2.07 bits per heavy atom. The summed E-state index contributed by atoms with van der Waals surface area (Å²) in [5, 5.41) is 27.3. The van der Waals surface area contributed by atoms with Crippen molar-refractivity contribution in [3.8, 4) is 6.07 Å². The van der Waals surface area contributed by atoms with Gasteiger partial charge in [0.15, 0.2) is 0 Å². The van der Waals surface area contributed by atoms with Crippen LogP contribution in [0.25, 0.3) is 0 Å². The van der Waals surface area contributed by atoms with Crippen molar-refractivity contribution in [2.24, 2.45) is 10.8 Å². The van der Waals surface area contributed by atoms with Crippen LogP contribution in [0.4, 0.5) is 0 Å². The molecule has 0 aliphatic rings. The zero-order chi connectivity index (χ0) is 11.9. The van der Waals surface area contributed by atoms with Crippen molar-refractivity contribution in [3.63, 3.8) is 0 Å². The molecule has 0 aromatic carbocycles. The maximum Gasteiger partial charge on any atom is 0.0692 e. The fourth-order valence-corrected chi connectivity index (χ4v) is 2.52. The molecule has 0 fully saturated rings. The van der Waals surface area contributed by atoms with Gasteiger partial charge in [-0.05, 0) is 20.3 Å². The van der Waals surface area contributed by atoms with E-state index in [0.717, 1.165) is 12.2 Å². The van der Waals surface area contributed by atoms with Gasteiger partial charge in [0.2, 0.25) is 0 Å². The van der Waals surface area contributed by atoms with Crippen LogP contribution in [-0.2, 0) is 0 Å². The number of nitriles is 1. The van der Waals surface area contributed by atoms with Crippen molar-refractivity contribution in [2.75, 3.05) is 24.7 Å². The third-order valence-electron chi connectivity index (χ3n) is 2.59. The van der Waals surface area contributed by atoms with Gasteiger partial charge in [0.05, 0.1) is 24.7 Å². The van der Waals surface area contributed by atoms with Gasteiger partial charge < -0.3 is 10.2 Å². The molecular weight excluding hydrogens is 210 g/mol. The summed E-state index contributed by atoms with van der Waals surface area (Å²) in [6.07, 6.45) is 0.750. The quantitative estimate of drug-likeness (QED) is 0.699. The van der Waals surface area contributed by atoms with Crippen LogP contribution in [0.15, 0.2) is 0 Å². The molecular formula is C11H21NO2S. The topological polar surface area (TPSA) is 64.2 Å². The van der Waals surface area contributed by atoms with Gasteiger partial charge in [-0.3, -0.25) is 0 Å². The fourth-order valence-electron chi connectivity index (χ4n) is 1.02. The molecule has 0 saturated heterocycles. The first-order valence-corrected chi connectivity index (χ1v) is 6.31. The normalized spacial score (nSPS) is 12.5. The molecule has 0 heterocycles. The van der Waals surface area contributed by atoms with Crippen molar-refractivity contribution in [1.82, 2.24) is 0 Å². The number of rotatable bonds is 7. The van der Waals surface area contributed by atoms with Gasteiger partial charge in [-0.15, -0.1) is 0 Å². The number of nitrogens with zero attached hydrogens (tertiary/aromatic N) is 1. The number of thioether (sulfide) groups is 1. The molecule has 0 bridgehead atoms. The highest BCUT2D eigenvalue weighted by molar-refractivity contribution is 7.99. The van der Waals surface area contributed by atoms with Crippen LogP contribution in [0, 0.1) is 22.2 Å². The lowest BCUT2D eigenvalue weighted by molar-refractivity contribution is 0.0710. The molecule has 0 aliphatic carbocycles. The van der Waals surface area contributed by atoms with Crippen LogP contribution in [-0.4, -0.2) is 34.9 Å². The first-order chi connectivity index (χ1) is 6.95. The van der Waals surface area contributed by atoms with E-state index in [1.807, 2.05) is 20.8 Å². The Morgan fingerprint density at radius 1 is 1.20 bits per heavy atom. The molecule has 0 spiro atoms. The summed E-state index contributed by atoms with van der Waals surface area (Å²) in [5.41, 5.74) is -0.731. The lowest BCUT2D eigenvalue weighted by Crippen LogP contribution is -2.32. The minimum Gasteiger partial charge on any atom is -0.396 e. The molecule has 0 unspecified atom stereocenters.